The van der Waals surface area contributed by atoms with Crippen molar-refractivity contribution in [3.05, 3.63) is 24.3 Å². The molecule has 2 aromatic rings. The number of fused-ring (bicyclic) bond motifs is 1. The topological polar surface area (TPSA) is 51.2 Å². The molecule has 1 heterocycles. The minimum absolute atomic E-state index is 0.117. The molecule has 1 aliphatic rings. The average molecular weight is 379 g/mol. The number of benzene rings is 1. The van der Waals surface area contributed by atoms with Gasteiger partial charge in [0.1, 0.15) is 0 Å². The molecule has 1 saturated carbocycles. The van der Waals surface area contributed by atoms with Crippen LogP contribution in [0.4, 0.5) is 0 Å². The van der Waals surface area contributed by atoms with Gasteiger partial charge in [-0.3, -0.25) is 4.79 Å². The first-order valence-corrected chi connectivity index (χ1v) is 11.0. The van der Waals surface area contributed by atoms with Gasteiger partial charge in [0.25, 0.3) is 0 Å². The normalized spacial score (nSPS) is 15.5. The summed E-state index contributed by atoms with van der Waals surface area (Å²) >= 11 is 3.35. The zero-order valence-electron chi connectivity index (χ0n) is 14.5. The summed E-state index contributed by atoms with van der Waals surface area (Å²) in [5.41, 5.74) is 1.04. The maximum absolute atomic E-state index is 11.9. The zero-order valence-corrected chi connectivity index (χ0v) is 16.2. The molecule has 136 valence electrons. The van der Waals surface area contributed by atoms with Crippen LogP contribution in [0.2, 0.25) is 0 Å². The van der Waals surface area contributed by atoms with Gasteiger partial charge in [-0.2, -0.15) is 0 Å². The lowest BCUT2D eigenvalue weighted by Crippen LogP contribution is -2.26. The summed E-state index contributed by atoms with van der Waals surface area (Å²) in [6, 6.07) is 8.14. The first kappa shape index (κ1) is 18.7. The third-order valence-corrected chi connectivity index (χ3v) is 6.56. The van der Waals surface area contributed by atoms with E-state index in [9.17, 15) is 4.79 Å². The maximum Gasteiger partial charge on any atom is 0.220 e. The Kier molecular flexibility index (Phi) is 7.57. The molecule has 25 heavy (non-hydrogen) atoms. The van der Waals surface area contributed by atoms with E-state index in [0.717, 1.165) is 28.6 Å². The van der Waals surface area contributed by atoms with Crippen LogP contribution in [0.15, 0.2) is 28.6 Å². The lowest BCUT2D eigenvalue weighted by molar-refractivity contribution is -0.120. The predicted molar refractivity (Wildman–Crippen MR) is 105 cm³/mol. The molecule has 1 aromatic heterocycles. The third-order valence-electron chi connectivity index (χ3n) is 4.38. The number of carbonyl (C=O) groups is 1. The Morgan fingerprint density at radius 3 is 2.96 bits per heavy atom. The first-order chi connectivity index (χ1) is 12.3. The van der Waals surface area contributed by atoms with E-state index >= 15 is 0 Å². The van der Waals surface area contributed by atoms with Crippen molar-refractivity contribution in [3.8, 4) is 0 Å². The largest absolute Gasteiger partial charge is 0.378 e. The number of carbonyl (C=O) groups excluding carboxylic acids is 1. The Morgan fingerprint density at radius 2 is 2.12 bits per heavy atom. The van der Waals surface area contributed by atoms with Crippen LogP contribution >= 0.6 is 23.1 Å². The summed E-state index contributed by atoms with van der Waals surface area (Å²) < 4.78 is 8.11. The molecule has 0 unspecified atom stereocenters. The Morgan fingerprint density at radius 1 is 1.28 bits per heavy atom. The minimum atomic E-state index is 0.117. The van der Waals surface area contributed by atoms with Gasteiger partial charge >= 0.3 is 0 Å². The number of aromatic nitrogens is 1. The van der Waals surface area contributed by atoms with Crippen molar-refractivity contribution < 1.29 is 9.53 Å². The van der Waals surface area contributed by atoms with Gasteiger partial charge in [-0.05, 0) is 31.4 Å². The number of ether oxygens (including phenoxy) is 1. The fourth-order valence-corrected chi connectivity index (χ4v) is 5.09. The summed E-state index contributed by atoms with van der Waals surface area (Å²) in [5.74, 6) is 0.885. The Hall–Kier alpha value is -1.11. The van der Waals surface area contributed by atoms with Gasteiger partial charge in [0, 0.05) is 25.3 Å². The van der Waals surface area contributed by atoms with Crippen molar-refractivity contribution >= 4 is 39.2 Å². The van der Waals surface area contributed by atoms with Gasteiger partial charge < -0.3 is 10.1 Å². The molecule has 0 atom stereocenters. The number of nitrogens with zero attached hydrogens (tertiary/aromatic N) is 1. The second-order valence-corrected chi connectivity index (χ2v) is 8.75. The summed E-state index contributed by atoms with van der Waals surface area (Å²) in [4.78, 5) is 16.5. The lowest BCUT2D eigenvalue weighted by Gasteiger charge is -2.21. The molecule has 0 aliphatic heterocycles. The smallest absolute Gasteiger partial charge is 0.220 e. The number of hydrogen-bond acceptors (Lipinski definition) is 5. The van der Waals surface area contributed by atoms with Gasteiger partial charge in [-0.1, -0.05) is 43.2 Å². The van der Waals surface area contributed by atoms with Gasteiger partial charge in [-0.25, -0.2) is 4.98 Å². The summed E-state index contributed by atoms with van der Waals surface area (Å²) in [6.45, 7) is 1.46. The van der Waals surface area contributed by atoms with Crippen LogP contribution in [0.3, 0.4) is 0 Å². The number of para-hydroxylation sites is 1. The van der Waals surface area contributed by atoms with E-state index in [-0.39, 0.29) is 5.91 Å². The van der Waals surface area contributed by atoms with E-state index in [2.05, 4.69) is 16.4 Å². The molecular formula is C19H26N2O2S2. The fourth-order valence-electron chi connectivity index (χ4n) is 3.01. The van der Waals surface area contributed by atoms with E-state index in [1.54, 1.807) is 23.1 Å². The van der Waals surface area contributed by atoms with Crippen LogP contribution in [0.5, 0.6) is 0 Å². The monoisotopic (exact) mass is 378 g/mol. The summed E-state index contributed by atoms with van der Waals surface area (Å²) in [7, 11) is 0. The van der Waals surface area contributed by atoms with Crippen molar-refractivity contribution in [2.75, 3.05) is 18.9 Å². The maximum atomic E-state index is 11.9. The van der Waals surface area contributed by atoms with Crippen molar-refractivity contribution in [2.24, 2.45) is 0 Å². The predicted octanol–water partition coefficient (Wildman–Crippen LogP) is 4.63. The van der Waals surface area contributed by atoms with Crippen LogP contribution in [-0.2, 0) is 9.53 Å². The minimum Gasteiger partial charge on any atom is -0.378 e. The van der Waals surface area contributed by atoms with Gasteiger partial charge in [0.15, 0.2) is 4.34 Å². The highest BCUT2D eigenvalue weighted by atomic mass is 32.2. The highest BCUT2D eigenvalue weighted by Crippen LogP contribution is 2.29. The zero-order chi connectivity index (χ0) is 17.3. The number of thioether (sulfide) groups is 1. The molecule has 1 fully saturated rings. The van der Waals surface area contributed by atoms with Gasteiger partial charge in [0.05, 0.1) is 16.3 Å². The number of nitrogens with one attached hydrogen (secondary N) is 1. The molecular weight excluding hydrogens is 352 g/mol. The van der Waals surface area contributed by atoms with Crippen molar-refractivity contribution in [2.45, 2.75) is 55.4 Å². The number of amides is 1. The Labute approximate surface area is 157 Å². The van der Waals surface area contributed by atoms with Crippen molar-refractivity contribution in [3.63, 3.8) is 0 Å². The van der Waals surface area contributed by atoms with Crippen LogP contribution in [-0.4, -0.2) is 35.9 Å². The Balaban J connectivity index is 1.24. The van der Waals surface area contributed by atoms with Gasteiger partial charge in [-0.15, -0.1) is 11.3 Å². The number of rotatable bonds is 9. The van der Waals surface area contributed by atoms with Crippen molar-refractivity contribution in [1.82, 2.24) is 10.3 Å². The molecule has 0 spiro atoms. The molecule has 1 aliphatic carbocycles. The highest BCUT2D eigenvalue weighted by molar-refractivity contribution is 8.01. The molecule has 3 rings (SSSR count). The number of hydrogen-bond donors (Lipinski definition) is 1. The summed E-state index contributed by atoms with van der Waals surface area (Å²) in [5, 5.41) is 2.98. The molecule has 4 nitrogen and oxygen atoms in total. The van der Waals surface area contributed by atoms with Gasteiger partial charge in [0.2, 0.25) is 5.91 Å². The molecule has 0 radical (unpaired) electrons. The second kappa shape index (κ2) is 10.1. The van der Waals surface area contributed by atoms with E-state index in [1.165, 1.54) is 36.8 Å². The van der Waals surface area contributed by atoms with E-state index in [0.29, 0.717) is 19.1 Å². The molecule has 0 saturated heterocycles. The fraction of sp³-hybridized carbons (Fsp3) is 0.579. The average Bonchev–Trinajstić information content (AvgIpc) is 3.05. The lowest BCUT2D eigenvalue weighted by atomic mass is 9.98. The summed E-state index contributed by atoms with van der Waals surface area (Å²) in [6.07, 6.45) is 8.24. The molecule has 1 amide bonds. The first-order valence-electron chi connectivity index (χ1n) is 9.18. The van der Waals surface area contributed by atoms with Crippen LogP contribution in [0.25, 0.3) is 10.2 Å². The Bertz CT molecular complexity index is 635. The van der Waals surface area contributed by atoms with Crippen LogP contribution in [0, 0.1) is 0 Å². The SMILES string of the molecule is O=C(CCSc1nc2ccccc2s1)NCCCOC1CCCCC1. The molecule has 0 bridgehead atoms. The molecule has 1 N–H and O–H groups in total. The second-order valence-electron chi connectivity index (χ2n) is 6.38. The number of thiazole rings is 1. The quantitative estimate of drug-likeness (QED) is 0.510. The molecule has 6 heteroatoms. The standard InChI is InChI=1S/C19H26N2O2S2/c22-18(20-12-6-13-23-15-7-2-1-3-8-15)11-14-24-19-21-16-9-4-5-10-17(16)25-19/h4-5,9-10,15H,1-3,6-8,11-14H2,(H,20,22). The van der Waals surface area contributed by atoms with E-state index in [1.807, 2.05) is 18.2 Å². The van der Waals surface area contributed by atoms with Crippen molar-refractivity contribution in [1.29, 1.82) is 0 Å². The van der Waals surface area contributed by atoms with E-state index < -0.39 is 0 Å². The molecule has 1 aromatic carbocycles. The third kappa shape index (κ3) is 6.28. The van der Waals surface area contributed by atoms with Crippen LogP contribution in [0.1, 0.15) is 44.9 Å². The highest BCUT2D eigenvalue weighted by Gasteiger charge is 2.13. The van der Waals surface area contributed by atoms with Crippen LogP contribution < -0.4 is 5.32 Å². The van der Waals surface area contributed by atoms with E-state index in [4.69, 9.17) is 4.74 Å².